The first kappa shape index (κ1) is 9.07. The Morgan fingerprint density at radius 2 is 1.25 bits per heavy atom. The maximum absolute atomic E-state index is 4.68. The quantitative estimate of drug-likeness (QED) is 0.515. The Morgan fingerprint density at radius 1 is 1.25 bits per heavy atom. The van der Waals surface area contributed by atoms with Crippen LogP contribution in [0, 0.1) is 0 Å². The van der Waals surface area contributed by atoms with Gasteiger partial charge in [0.15, 0.2) is 0 Å². The second-order valence-corrected chi connectivity index (χ2v) is 1.57. The van der Waals surface area contributed by atoms with E-state index in [4.69, 9.17) is 0 Å². The maximum atomic E-state index is 4.68. The van der Waals surface area contributed by atoms with Crippen LogP contribution < -0.4 is 0 Å². The van der Waals surface area contributed by atoms with Gasteiger partial charge in [0.25, 0.3) is 0 Å². The van der Waals surface area contributed by atoms with Crippen LogP contribution in [0.25, 0.3) is 0 Å². The van der Waals surface area contributed by atoms with Gasteiger partial charge in [0, 0.05) is 17.4 Å². The van der Waals surface area contributed by atoms with Crippen molar-refractivity contribution in [1.29, 1.82) is 0 Å². The first-order valence-corrected chi connectivity index (χ1v) is 2.78. The molecule has 0 amide bonds. The fourth-order valence-electron chi connectivity index (χ4n) is 0. The fraction of sp³-hybridized carbons (Fsp3) is 0. The van der Waals surface area contributed by atoms with Gasteiger partial charge < -0.3 is 0 Å². The third kappa shape index (κ3) is 9.82. The van der Waals surface area contributed by atoms with E-state index in [0.717, 1.165) is 0 Å². The molecule has 0 aromatic carbocycles. The number of hydrogen-bond donors (Lipinski definition) is 0. The van der Waals surface area contributed by atoms with E-state index in [1.807, 2.05) is 0 Å². The second-order valence-electron chi connectivity index (χ2n) is 0.0583. The molecule has 4 heavy (non-hydrogen) atoms. The Balaban J connectivity index is 0. The minimum atomic E-state index is 0. The van der Waals surface area contributed by atoms with Gasteiger partial charge in [0.05, 0.1) is 10.2 Å². The van der Waals surface area contributed by atoms with Crippen molar-refractivity contribution in [3.05, 3.63) is 0 Å². The van der Waals surface area contributed by atoms with Gasteiger partial charge in [-0.25, -0.2) is 0 Å². The Bertz CT molecular complexity index is 6.00. The minimum absolute atomic E-state index is 0. The van der Waals surface area contributed by atoms with Crippen LogP contribution in [0.3, 0.4) is 0 Å². The van der Waals surface area contributed by atoms with Gasteiger partial charge in [0.1, 0.15) is 0 Å². The summed E-state index contributed by atoms with van der Waals surface area (Å²) in [5.74, 6) is 0. The van der Waals surface area contributed by atoms with Gasteiger partial charge in [-0.15, -0.1) is 0 Å². The first-order chi connectivity index (χ1) is 1.41. The van der Waals surface area contributed by atoms with Crippen LogP contribution in [0.15, 0.2) is 0 Å². The molecule has 0 radical (unpaired) electrons. The summed E-state index contributed by atoms with van der Waals surface area (Å²) in [7, 11) is 10.1. The van der Waals surface area contributed by atoms with Crippen LogP contribution in [0.5, 0.6) is 0 Å². The Labute approximate surface area is 49.0 Å². The molecule has 0 nitrogen and oxygen atoms in total. The van der Waals surface area contributed by atoms with Gasteiger partial charge in [-0.1, -0.05) is 0 Å². The van der Waals surface area contributed by atoms with Crippen molar-refractivity contribution >= 4 is 31.6 Å². The largest absolute Gasteiger partial charge is 0.0523 e. The smallest absolute Gasteiger partial charge is 0.0261 e. The standard InChI is InChI=1S/Cl2S.Cr/c1-3-2;. The van der Waals surface area contributed by atoms with Crippen molar-refractivity contribution < 1.29 is 17.4 Å². The topological polar surface area (TPSA) is 0 Å². The zero-order valence-corrected chi connectivity index (χ0v) is 5.18. The fourth-order valence-corrected chi connectivity index (χ4v) is 0. The van der Waals surface area contributed by atoms with E-state index >= 15 is 0 Å². The summed E-state index contributed by atoms with van der Waals surface area (Å²) in [6, 6.07) is 0. The Hall–Kier alpha value is 1.46. The average Bonchev–Trinajstić information content (AvgIpc) is 0.918. The summed E-state index contributed by atoms with van der Waals surface area (Å²) in [6.45, 7) is 0. The molecule has 0 saturated heterocycles. The summed E-state index contributed by atoms with van der Waals surface area (Å²) in [6.07, 6.45) is 0. The molecule has 0 heterocycles. The van der Waals surface area contributed by atoms with Crippen molar-refractivity contribution in [1.82, 2.24) is 0 Å². The molecule has 0 aliphatic heterocycles. The molecule has 0 unspecified atom stereocenters. The molecule has 0 atom stereocenters. The van der Waals surface area contributed by atoms with Crippen LogP contribution in [0.2, 0.25) is 0 Å². The summed E-state index contributed by atoms with van der Waals surface area (Å²) in [5, 5.41) is 0. The van der Waals surface area contributed by atoms with Gasteiger partial charge in [0.2, 0.25) is 0 Å². The van der Waals surface area contributed by atoms with Crippen molar-refractivity contribution in [3.8, 4) is 0 Å². The van der Waals surface area contributed by atoms with E-state index in [9.17, 15) is 0 Å². The zero-order valence-electron chi connectivity index (χ0n) is 1.57. The van der Waals surface area contributed by atoms with Gasteiger partial charge in [-0.05, 0) is 21.4 Å². The molecule has 0 saturated carbocycles. The van der Waals surface area contributed by atoms with Crippen LogP contribution in [-0.4, -0.2) is 0 Å². The normalized spacial score (nSPS) is 4.50. The third-order valence-electron chi connectivity index (χ3n) is 0. The first-order valence-electron chi connectivity index (χ1n) is 0.309. The zero-order chi connectivity index (χ0) is 2.71. The molecule has 0 aromatic rings. The molecular weight excluding hydrogens is 155 g/mol. The second kappa shape index (κ2) is 8.82. The number of halogens is 2. The molecule has 26 valence electrons. The van der Waals surface area contributed by atoms with E-state index in [1.54, 1.807) is 0 Å². The summed E-state index contributed by atoms with van der Waals surface area (Å²) >= 11 is 0. The van der Waals surface area contributed by atoms with E-state index in [1.165, 1.54) is 0 Å². The molecule has 0 N–H and O–H groups in total. The molecule has 0 spiro atoms. The number of rotatable bonds is 0. The van der Waals surface area contributed by atoms with E-state index < -0.39 is 0 Å². The molecule has 0 bridgehead atoms. The molecular formula is Cl2CrS. The summed E-state index contributed by atoms with van der Waals surface area (Å²) in [4.78, 5) is 0. The summed E-state index contributed by atoms with van der Waals surface area (Å²) < 4.78 is 0. The monoisotopic (exact) mass is 154 g/mol. The maximum Gasteiger partial charge on any atom is 0.0523 e. The van der Waals surface area contributed by atoms with Crippen LogP contribution in [0.4, 0.5) is 0 Å². The molecule has 4 heteroatoms. The van der Waals surface area contributed by atoms with Gasteiger partial charge in [-0.2, -0.15) is 0 Å². The van der Waals surface area contributed by atoms with E-state index in [2.05, 4.69) is 21.4 Å². The van der Waals surface area contributed by atoms with Crippen LogP contribution >= 0.6 is 31.6 Å². The predicted molar refractivity (Wildman–Crippen MR) is 19.3 cm³/mol. The Morgan fingerprint density at radius 3 is 1.25 bits per heavy atom. The van der Waals surface area contributed by atoms with Gasteiger partial charge >= 0.3 is 0 Å². The molecule has 0 fully saturated rings. The third-order valence-corrected chi connectivity index (χ3v) is 0. The van der Waals surface area contributed by atoms with Crippen LogP contribution in [0.1, 0.15) is 0 Å². The van der Waals surface area contributed by atoms with Crippen molar-refractivity contribution in [2.24, 2.45) is 0 Å². The van der Waals surface area contributed by atoms with Crippen LogP contribution in [-0.2, 0) is 17.4 Å². The average molecular weight is 155 g/mol. The predicted octanol–water partition coefficient (Wildman–Crippen LogP) is 2.02. The molecule has 0 aromatic heterocycles. The SMILES string of the molecule is ClSCl.[Cr]. The van der Waals surface area contributed by atoms with E-state index in [-0.39, 0.29) is 17.4 Å². The molecule has 0 aliphatic rings. The minimum Gasteiger partial charge on any atom is -0.0261 e. The van der Waals surface area contributed by atoms with Gasteiger partial charge in [-0.3, -0.25) is 0 Å². The van der Waals surface area contributed by atoms with Crippen molar-refractivity contribution in [2.75, 3.05) is 0 Å². The van der Waals surface area contributed by atoms with Crippen molar-refractivity contribution in [2.45, 2.75) is 0 Å². The summed E-state index contributed by atoms with van der Waals surface area (Å²) in [5.41, 5.74) is 0. The Kier molecular flexibility index (Phi) is 20.0. The number of hydrogen-bond acceptors (Lipinski definition) is 1. The van der Waals surface area contributed by atoms with E-state index in [0.29, 0.717) is 10.2 Å². The molecule has 0 rings (SSSR count). The van der Waals surface area contributed by atoms with Crippen molar-refractivity contribution in [3.63, 3.8) is 0 Å². The molecule has 0 aliphatic carbocycles.